The number of ether oxygens (including phenoxy) is 1. The number of hydrogen-bond acceptors (Lipinski definition) is 3. The van der Waals surface area contributed by atoms with Crippen molar-refractivity contribution in [1.29, 1.82) is 0 Å². The molecule has 0 N–H and O–H groups in total. The summed E-state index contributed by atoms with van der Waals surface area (Å²) in [7, 11) is 0. The molecule has 1 unspecified atom stereocenters. The Morgan fingerprint density at radius 3 is 3.18 bits per heavy atom. The van der Waals surface area contributed by atoms with E-state index in [1.165, 1.54) is 0 Å². The lowest BCUT2D eigenvalue weighted by Gasteiger charge is -2.30. The smallest absolute Gasteiger partial charge is 0.315 e. The first-order chi connectivity index (χ1) is 8.29. The summed E-state index contributed by atoms with van der Waals surface area (Å²) in [5.74, 6) is 0.896. The molecule has 0 spiro atoms. The Bertz CT molecular complexity index is 322. The zero-order valence-corrected chi connectivity index (χ0v) is 10.4. The second-order valence-electron chi connectivity index (χ2n) is 4.87. The number of rotatable bonds is 4. The molecule has 3 heteroatoms. The van der Waals surface area contributed by atoms with Crippen molar-refractivity contribution in [3.8, 4) is 0 Å². The standard InChI is InChI=1S/C14H21NO2/c1-2-9-15-10-5-6-12(11-15)14(16)17-13-7-3-4-8-13/h2,7,12H,1,3-6,8-11H2. The maximum Gasteiger partial charge on any atom is 0.315 e. The molecule has 1 atom stereocenters. The SMILES string of the molecule is C=CCN1CCCC(C(=O)OC2=CCCC2)C1. The van der Waals surface area contributed by atoms with Crippen LogP contribution in [0.5, 0.6) is 0 Å². The van der Waals surface area contributed by atoms with E-state index in [1.807, 2.05) is 12.2 Å². The van der Waals surface area contributed by atoms with Crippen molar-refractivity contribution in [3.05, 3.63) is 24.5 Å². The summed E-state index contributed by atoms with van der Waals surface area (Å²) in [5.41, 5.74) is 0. The van der Waals surface area contributed by atoms with Crippen LogP contribution < -0.4 is 0 Å². The van der Waals surface area contributed by atoms with Gasteiger partial charge in [-0.1, -0.05) is 6.08 Å². The third-order valence-corrected chi connectivity index (χ3v) is 3.46. The zero-order valence-electron chi connectivity index (χ0n) is 10.4. The van der Waals surface area contributed by atoms with Crippen LogP contribution >= 0.6 is 0 Å². The van der Waals surface area contributed by atoms with Gasteiger partial charge in [0, 0.05) is 19.5 Å². The molecule has 0 aromatic carbocycles. The van der Waals surface area contributed by atoms with Crippen LogP contribution in [0.4, 0.5) is 0 Å². The molecule has 0 bridgehead atoms. The number of likely N-dealkylation sites (tertiary alicyclic amines) is 1. The van der Waals surface area contributed by atoms with E-state index in [9.17, 15) is 4.79 Å². The number of allylic oxidation sites excluding steroid dienone is 2. The molecular formula is C14H21NO2. The minimum atomic E-state index is -0.0353. The van der Waals surface area contributed by atoms with Gasteiger partial charge in [-0.3, -0.25) is 9.69 Å². The summed E-state index contributed by atoms with van der Waals surface area (Å²) in [4.78, 5) is 14.3. The zero-order chi connectivity index (χ0) is 12.1. The fourth-order valence-electron chi connectivity index (χ4n) is 2.54. The Morgan fingerprint density at radius 1 is 1.59 bits per heavy atom. The number of piperidine rings is 1. The lowest BCUT2D eigenvalue weighted by atomic mass is 9.98. The van der Waals surface area contributed by atoms with E-state index in [1.54, 1.807) is 0 Å². The molecule has 2 rings (SSSR count). The molecule has 2 aliphatic rings. The summed E-state index contributed by atoms with van der Waals surface area (Å²) in [6.45, 7) is 6.49. The van der Waals surface area contributed by atoms with E-state index in [0.717, 1.165) is 57.5 Å². The summed E-state index contributed by atoms with van der Waals surface area (Å²) in [6, 6.07) is 0. The quantitative estimate of drug-likeness (QED) is 0.554. The van der Waals surface area contributed by atoms with E-state index < -0.39 is 0 Å². The van der Waals surface area contributed by atoms with Gasteiger partial charge in [-0.05, 0) is 38.3 Å². The Balaban J connectivity index is 1.83. The predicted octanol–water partition coefficient (Wildman–Crippen LogP) is 2.50. The lowest BCUT2D eigenvalue weighted by molar-refractivity contribution is -0.146. The molecule has 0 aromatic heterocycles. The van der Waals surface area contributed by atoms with Gasteiger partial charge in [-0.15, -0.1) is 6.58 Å². The highest BCUT2D eigenvalue weighted by molar-refractivity contribution is 5.74. The largest absolute Gasteiger partial charge is 0.431 e. The minimum absolute atomic E-state index is 0.0353. The summed E-state index contributed by atoms with van der Waals surface area (Å²) in [5, 5.41) is 0. The van der Waals surface area contributed by atoms with Crippen LogP contribution in [0.1, 0.15) is 32.1 Å². The molecule has 0 radical (unpaired) electrons. The number of carbonyl (C=O) groups is 1. The van der Waals surface area contributed by atoms with Gasteiger partial charge in [-0.2, -0.15) is 0 Å². The van der Waals surface area contributed by atoms with Crippen molar-refractivity contribution in [2.45, 2.75) is 32.1 Å². The molecule has 0 aromatic rings. The van der Waals surface area contributed by atoms with Crippen molar-refractivity contribution in [2.24, 2.45) is 5.92 Å². The fourth-order valence-corrected chi connectivity index (χ4v) is 2.54. The van der Waals surface area contributed by atoms with Crippen molar-refractivity contribution >= 4 is 5.97 Å². The first-order valence-corrected chi connectivity index (χ1v) is 6.53. The Kier molecular flexibility index (Phi) is 4.37. The van der Waals surface area contributed by atoms with Crippen LogP contribution in [0, 0.1) is 5.92 Å². The molecule has 3 nitrogen and oxygen atoms in total. The van der Waals surface area contributed by atoms with Gasteiger partial charge in [-0.25, -0.2) is 0 Å². The lowest BCUT2D eigenvalue weighted by Crippen LogP contribution is -2.39. The first kappa shape index (κ1) is 12.4. The average Bonchev–Trinajstić information content (AvgIpc) is 2.83. The van der Waals surface area contributed by atoms with Crippen molar-refractivity contribution in [3.63, 3.8) is 0 Å². The molecule has 1 saturated heterocycles. The molecule has 1 aliphatic heterocycles. The number of carbonyl (C=O) groups excluding carboxylic acids is 1. The maximum absolute atomic E-state index is 12.0. The molecule has 1 aliphatic carbocycles. The maximum atomic E-state index is 12.0. The van der Waals surface area contributed by atoms with Crippen LogP contribution in [-0.2, 0) is 9.53 Å². The summed E-state index contributed by atoms with van der Waals surface area (Å²) < 4.78 is 5.45. The highest BCUT2D eigenvalue weighted by Crippen LogP contribution is 2.23. The fraction of sp³-hybridized carbons (Fsp3) is 0.643. The van der Waals surface area contributed by atoms with Crippen molar-refractivity contribution < 1.29 is 9.53 Å². The van der Waals surface area contributed by atoms with Crippen molar-refractivity contribution in [1.82, 2.24) is 4.90 Å². The average molecular weight is 235 g/mol. The summed E-state index contributed by atoms with van der Waals surface area (Å²) in [6.07, 6.45) is 9.07. The highest BCUT2D eigenvalue weighted by atomic mass is 16.5. The molecule has 0 saturated carbocycles. The van der Waals surface area contributed by atoms with Gasteiger partial charge in [0.2, 0.25) is 0 Å². The van der Waals surface area contributed by atoms with Crippen LogP contribution in [0.15, 0.2) is 24.5 Å². The normalized spacial score (nSPS) is 25.4. The number of hydrogen-bond donors (Lipinski definition) is 0. The molecule has 1 fully saturated rings. The molecule has 1 heterocycles. The monoisotopic (exact) mass is 235 g/mol. The van der Waals surface area contributed by atoms with Crippen LogP contribution in [-0.4, -0.2) is 30.5 Å². The van der Waals surface area contributed by atoms with E-state index in [0.29, 0.717) is 0 Å². The third-order valence-electron chi connectivity index (χ3n) is 3.46. The molecule has 17 heavy (non-hydrogen) atoms. The first-order valence-electron chi connectivity index (χ1n) is 6.53. The van der Waals surface area contributed by atoms with Crippen LogP contribution in [0.25, 0.3) is 0 Å². The minimum Gasteiger partial charge on any atom is -0.431 e. The van der Waals surface area contributed by atoms with Gasteiger partial charge < -0.3 is 4.74 Å². The number of esters is 1. The van der Waals surface area contributed by atoms with Gasteiger partial charge >= 0.3 is 5.97 Å². The topological polar surface area (TPSA) is 29.5 Å². The predicted molar refractivity (Wildman–Crippen MR) is 67.4 cm³/mol. The summed E-state index contributed by atoms with van der Waals surface area (Å²) >= 11 is 0. The van der Waals surface area contributed by atoms with Gasteiger partial charge in [0.25, 0.3) is 0 Å². The third kappa shape index (κ3) is 3.43. The van der Waals surface area contributed by atoms with Gasteiger partial charge in [0.15, 0.2) is 0 Å². The van der Waals surface area contributed by atoms with Gasteiger partial charge in [0.1, 0.15) is 5.76 Å². The Morgan fingerprint density at radius 2 is 2.47 bits per heavy atom. The Hall–Kier alpha value is -1.09. The highest BCUT2D eigenvalue weighted by Gasteiger charge is 2.27. The van der Waals surface area contributed by atoms with Crippen molar-refractivity contribution in [2.75, 3.05) is 19.6 Å². The van der Waals surface area contributed by atoms with E-state index in [4.69, 9.17) is 4.74 Å². The van der Waals surface area contributed by atoms with E-state index in [2.05, 4.69) is 11.5 Å². The van der Waals surface area contributed by atoms with Crippen LogP contribution in [0.3, 0.4) is 0 Å². The number of nitrogens with zero attached hydrogens (tertiary/aromatic N) is 1. The van der Waals surface area contributed by atoms with Crippen LogP contribution in [0.2, 0.25) is 0 Å². The van der Waals surface area contributed by atoms with E-state index in [-0.39, 0.29) is 11.9 Å². The molecule has 0 amide bonds. The second-order valence-corrected chi connectivity index (χ2v) is 4.87. The molecular weight excluding hydrogens is 214 g/mol. The second kappa shape index (κ2) is 6.01. The Labute approximate surface area is 103 Å². The molecule has 94 valence electrons. The van der Waals surface area contributed by atoms with E-state index >= 15 is 0 Å². The van der Waals surface area contributed by atoms with Gasteiger partial charge in [0.05, 0.1) is 5.92 Å².